The quantitative estimate of drug-likeness (QED) is 0.340. The highest BCUT2D eigenvalue weighted by molar-refractivity contribution is 5.89. The van der Waals surface area contributed by atoms with E-state index in [4.69, 9.17) is 9.84 Å². The summed E-state index contributed by atoms with van der Waals surface area (Å²) in [5, 5.41) is 22.5. The zero-order valence-electron chi connectivity index (χ0n) is 13.9. The van der Waals surface area contributed by atoms with Gasteiger partial charge in [-0.25, -0.2) is 9.59 Å². The van der Waals surface area contributed by atoms with Crippen molar-refractivity contribution in [2.24, 2.45) is 0 Å². The fraction of sp³-hybridized carbons (Fsp3) is 0.400. The number of ether oxygens (including phenoxy) is 2. The maximum absolute atomic E-state index is 11.5. The first-order valence-corrected chi connectivity index (χ1v) is 7.19. The third-order valence-corrected chi connectivity index (χ3v) is 2.67. The molecular weight excluding hydrogens is 336 g/mol. The van der Waals surface area contributed by atoms with Crippen LogP contribution in [-0.2, 0) is 14.3 Å². The minimum Gasteiger partial charge on any atom is -0.478 e. The van der Waals surface area contributed by atoms with E-state index in [9.17, 15) is 24.5 Å². The number of aromatic carboxylic acids is 1. The number of nitro benzene ring substituents is 1. The number of carboxylic acids is 1. The van der Waals surface area contributed by atoms with E-state index in [1.54, 1.807) is 20.8 Å². The lowest BCUT2D eigenvalue weighted by Crippen LogP contribution is -2.26. The summed E-state index contributed by atoms with van der Waals surface area (Å²) in [5.41, 5.74) is -1.44. The van der Waals surface area contributed by atoms with Crippen LogP contribution in [0.1, 0.15) is 37.6 Å². The van der Waals surface area contributed by atoms with Crippen LogP contribution >= 0.6 is 0 Å². The van der Waals surface area contributed by atoms with Crippen molar-refractivity contribution in [3.8, 4) is 0 Å². The van der Waals surface area contributed by atoms with Crippen LogP contribution in [-0.4, -0.2) is 40.3 Å². The average molecular weight is 354 g/mol. The molecule has 0 atom stereocenters. The summed E-state index contributed by atoms with van der Waals surface area (Å²) in [6.07, 6.45) is -1.38. The van der Waals surface area contributed by atoms with Gasteiger partial charge in [-0.2, -0.15) is 0 Å². The highest BCUT2D eigenvalue weighted by atomic mass is 16.7. The number of hydrogen-bond acceptors (Lipinski definition) is 8. The third-order valence-electron chi connectivity index (χ3n) is 2.67. The van der Waals surface area contributed by atoms with Crippen LogP contribution < -0.4 is 5.32 Å². The Kier molecular flexibility index (Phi) is 6.43. The number of carboxylic acid groups (broad SMARTS) is 1. The average Bonchev–Trinajstić information content (AvgIpc) is 2.44. The Morgan fingerprint density at radius 3 is 2.44 bits per heavy atom. The van der Waals surface area contributed by atoms with Crippen molar-refractivity contribution in [3.63, 3.8) is 0 Å². The number of esters is 1. The van der Waals surface area contributed by atoms with E-state index in [0.29, 0.717) is 0 Å². The molecule has 0 aliphatic heterocycles. The first kappa shape index (κ1) is 19.9. The summed E-state index contributed by atoms with van der Waals surface area (Å²) in [5.74, 6) is -2.16. The molecule has 0 amide bonds. The Balaban J connectivity index is 2.61. The minimum atomic E-state index is -1.30. The second-order valence-corrected chi connectivity index (χ2v) is 5.91. The van der Waals surface area contributed by atoms with Gasteiger partial charge in [-0.3, -0.25) is 14.9 Å². The van der Waals surface area contributed by atoms with Gasteiger partial charge in [-0.05, 0) is 32.9 Å². The van der Waals surface area contributed by atoms with E-state index in [1.165, 1.54) is 12.1 Å². The second kappa shape index (κ2) is 8.08. The standard InChI is InChI=1S/C15H18N2O8/c1-15(2,3)25-14(21)24-12(18)6-7-16-10-5-4-9(13(19)20)8-11(10)17(22)23/h4-5,8,16H,6-7H2,1-3H3,(H,19,20). The molecule has 136 valence electrons. The van der Waals surface area contributed by atoms with Crippen LogP contribution in [0, 0.1) is 10.1 Å². The maximum atomic E-state index is 11.5. The van der Waals surface area contributed by atoms with Crippen LogP contribution in [0.15, 0.2) is 18.2 Å². The van der Waals surface area contributed by atoms with Crippen LogP contribution in [0.5, 0.6) is 0 Å². The summed E-state index contributed by atoms with van der Waals surface area (Å²) < 4.78 is 9.25. The van der Waals surface area contributed by atoms with Crippen molar-refractivity contribution in [2.45, 2.75) is 32.8 Å². The molecule has 1 aromatic rings. The molecule has 0 saturated carbocycles. The smallest absolute Gasteiger partial charge is 0.478 e. The Morgan fingerprint density at radius 2 is 1.92 bits per heavy atom. The number of rotatable bonds is 6. The van der Waals surface area contributed by atoms with Crippen molar-refractivity contribution in [3.05, 3.63) is 33.9 Å². The van der Waals surface area contributed by atoms with E-state index in [1.807, 2.05) is 0 Å². The molecule has 25 heavy (non-hydrogen) atoms. The summed E-state index contributed by atoms with van der Waals surface area (Å²) in [7, 11) is 0. The topological polar surface area (TPSA) is 145 Å². The van der Waals surface area contributed by atoms with Crippen molar-refractivity contribution < 1.29 is 33.9 Å². The van der Waals surface area contributed by atoms with Crippen LogP contribution in [0.2, 0.25) is 0 Å². The van der Waals surface area contributed by atoms with E-state index in [0.717, 1.165) is 6.07 Å². The van der Waals surface area contributed by atoms with Crippen molar-refractivity contribution in [1.29, 1.82) is 0 Å². The van der Waals surface area contributed by atoms with Gasteiger partial charge in [0.2, 0.25) is 0 Å². The monoisotopic (exact) mass is 354 g/mol. The molecule has 0 fully saturated rings. The van der Waals surface area contributed by atoms with Gasteiger partial charge >= 0.3 is 18.1 Å². The number of nitrogens with zero attached hydrogens (tertiary/aromatic N) is 1. The van der Waals surface area contributed by atoms with Gasteiger partial charge in [0, 0.05) is 12.6 Å². The normalized spacial score (nSPS) is 10.7. The van der Waals surface area contributed by atoms with Gasteiger partial charge in [0.1, 0.15) is 11.3 Å². The fourth-order valence-corrected chi connectivity index (χ4v) is 1.68. The maximum Gasteiger partial charge on any atom is 0.516 e. The lowest BCUT2D eigenvalue weighted by Gasteiger charge is -2.18. The predicted octanol–water partition coefficient (Wildman–Crippen LogP) is 2.57. The third kappa shape index (κ3) is 6.85. The van der Waals surface area contributed by atoms with Crippen molar-refractivity contribution in [1.82, 2.24) is 0 Å². The Labute approximate surface area is 142 Å². The van der Waals surface area contributed by atoms with Gasteiger partial charge in [0.05, 0.1) is 16.9 Å². The number of nitro groups is 1. The molecule has 1 rings (SSSR count). The lowest BCUT2D eigenvalue weighted by molar-refractivity contribution is -0.384. The fourth-order valence-electron chi connectivity index (χ4n) is 1.68. The molecule has 0 radical (unpaired) electrons. The summed E-state index contributed by atoms with van der Waals surface area (Å²) >= 11 is 0. The second-order valence-electron chi connectivity index (χ2n) is 5.91. The van der Waals surface area contributed by atoms with E-state index >= 15 is 0 Å². The van der Waals surface area contributed by atoms with Gasteiger partial charge in [-0.15, -0.1) is 0 Å². The van der Waals surface area contributed by atoms with Crippen molar-refractivity contribution >= 4 is 29.5 Å². The van der Waals surface area contributed by atoms with Gasteiger partial charge in [0.15, 0.2) is 0 Å². The Morgan fingerprint density at radius 1 is 1.28 bits per heavy atom. The zero-order valence-corrected chi connectivity index (χ0v) is 13.9. The summed E-state index contributed by atoms with van der Waals surface area (Å²) in [4.78, 5) is 43.9. The van der Waals surface area contributed by atoms with E-state index < -0.39 is 34.3 Å². The van der Waals surface area contributed by atoms with Crippen molar-refractivity contribution in [2.75, 3.05) is 11.9 Å². The molecule has 10 nitrogen and oxygen atoms in total. The molecule has 2 N–H and O–H groups in total. The molecule has 0 aromatic heterocycles. The van der Waals surface area contributed by atoms with Gasteiger partial charge in [-0.1, -0.05) is 0 Å². The van der Waals surface area contributed by atoms with Gasteiger partial charge in [0.25, 0.3) is 5.69 Å². The number of carbonyl (C=O) groups is 3. The molecule has 0 spiro atoms. The minimum absolute atomic E-state index is 0.0417. The Hall–Kier alpha value is -3.17. The molecule has 0 bridgehead atoms. The summed E-state index contributed by atoms with van der Waals surface area (Å²) in [6.45, 7) is 4.77. The summed E-state index contributed by atoms with van der Waals surface area (Å²) in [6, 6.07) is 3.32. The van der Waals surface area contributed by atoms with Crippen LogP contribution in [0.25, 0.3) is 0 Å². The molecule has 10 heteroatoms. The number of carbonyl (C=O) groups excluding carboxylic acids is 2. The number of anilines is 1. The van der Waals surface area contributed by atoms with E-state index in [-0.39, 0.29) is 24.2 Å². The molecule has 0 aliphatic rings. The number of nitrogens with one attached hydrogen (secondary N) is 1. The highest BCUT2D eigenvalue weighted by Crippen LogP contribution is 2.25. The molecule has 0 unspecified atom stereocenters. The molecular formula is C15H18N2O8. The first-order valence-electron chi connectivity index (χ1n) is 7.19. The zero-order chi connectivity index (χ0) is 19.2. The molecule has 0 aliphatic carbocycles. The number of hydrogen-bond donors (Lipinski definition) is 2. The predicted molar refractivity (Wildman–Crippen MR) is 85.5 cm³/mol. The molecule has 0 heterocycles. The Bertz CT molecular complexity index is 693. The van der Waals surface area contributed by atoms with Crippen LogP contribution in [0.4, 0.5) is 16.2 Å². The molecule has 0 saturated heterocycles. The van der Waals surface area contributed by atoms with Crippen LogP contribution in [0.3, 0.4) is 0 Å². The highest BCUT2D eigenvalue weighted by Gasteiger charge is 2.21. The van der Waals surface area contributed by atoms with Gasteiger partial charge < -0.3 is 19.9 Å². The number of benzene rings is 1. The first-order chi connectivity index (χ1) is 11.5. The lowest BCUT2D eigenvalue weighted by atomic mass is 10.1. The largest absolute Gasteiger partial charge is 0.516 e. The molecule has 1 aromatic carbocycles. The van der Waals surface area contributed by atoms with E-state index in [2.05, 4.69) is 10.1 Å². The SMILES string of the molecule is CC(C)(C)OC(=O)OC(=O)CCNc1ccc(C(=O)O)cc1[N+](=O)[O-].